The summed E-state index contributed by atoms with van der Waals surface area (Å²) in [7, 11) is 0. The van der Waals surface area contributed by atoms with Crippen LogP contribution < -0.4 is 10.6 Å². The van der Waals surface area contributed by atoms with Crippen LogP contribution in [0, 0.1) is 24.1 Å². The van der Waals surface area contributed by atoms with Crippen molar-refractivity contribution in [3.8, 4) is 6.07 Å². The molecule has 1 saturated carbocycles. The Kier molecular flexibility index (Phi) is 5.12. The van der Waals surface area contributed by atoms with Crippen molar-refractivity contribution in [3.05, 3.63) is 53.4 Å². The van der Waals surface area contributed by atoms with Crippen LogP contribution in [0.1, 0.15) is 49.2 Å². The fraction of sp³-hybridized carbons (Fsp3) is 0.368. The van der Waals surface area contributed by atoms with Crippen molar-refractivity contribution in [1.29, 1.82) is 5.26 Å². The molecule has 1 heterocycles. The number of nitriles is 1. The highest BCUT2D eigenvalue weighted by Gasteiger charge is 2.37. The van der Waals surface area contributed by atoms with Crippen LogP contribution in [-0.4, -0.2) is 16.0 Å². The predicted molar refractivity (Wildman–Crippen MR) is 94.8 cm³/mol. The number of carbonyl (C=O) groups is 1. The van der Waals surface area contributed by atoms with Gasteiger partial charge in [-0.25, -0.2) is 19.2 Å². The highest BCUT2D eigenvalue weighted by Crippen LogP contribution is 2.36. The fourth-order valence-electron chi connectivity index (χ4n) is 3.39. The molecule has 3 rings (SSSR count). The lowest BCUT2D eigenvalue weighted by atomic mass is 9.79. The van der Waals surface area contributed by atoms with Crippen LogP contribution in [0.15, 0.2) is 30.5 Å². The number of nitrogens with one attached hydrogen (secondary N) is 2. The second-order valence-electron chi connectivity index (χ2n) is 6.58. The molecule has 1 aromatic heterocycles. The van der Waals surface area contributed by atoms with E-state index in [9.17, 15) is 9.18 Å². The second-order valence-corrected chi connectivity index (χ2v) is 6.58. The molecule has 2 aromatic rings. The molecule has 0 spiro atoms. The summed E-state index contributed by atoms with van der Waals surface area (Å²) in [6.07, 6.45) is 5.89. The van der Waals surface area contributed by atoms with Gasteiger partial charge in [-0.2, -0.15) is 5.26 Å². The SMILES string of the molecule is Cc1ccc(F)c(NC(=O)NC2(c3ccnc(C#N)n3)CCCCC2)c1. The lowest BCUT2D eigenvalue weighted by Crippen LogP contribution is -2.49. The van der Waals surface area contributed by atoms with Crippen LogP contribution in [-0.2, 0) is 5.54 Å². The van der Waals surface area contributed by atoms with Crippen LogP contribution in [0.4, 0.5) is 14.9 Å². The smallest absolute Gasteiger partial charge is 0.320 e. The Morgan fingerprint density at radius 3 is 2.77 bits per heavy atom. The number of amides is 2. The largest absolute Gasteiger partial charge is 0.327 e. The third-order valence-corrected chi connectivity index (χ3v) is 4.68. The van der Waals surface area contributed by atoms with Gasteiger partial charge in [0.2, 0.25) is 5.82 Å². The molecule has 0 bridgehead atoms. The standard InChI is InChI=1S/C19H20FN5O/c1-13-5-6-14(20)15(11-13)23-18(26)25-19(8-3-2-4-9-19)16-7-10-22-17(12-21)24-16/h5-7,10-11H,2-4,8-9H2,1H3,(H2,23,25,26). The number of carbonyl (C=O) groups excluding carboxylic acids is 1. The number of benzene rings is 1. The van der Waals surface area contributed by atoms with E-state index in [1.54, 1.807) is 18.2 Å². The molecule has 2 N–H and O–H groups in total. The van der Waals surface area contributed by atoms with Crippen LogP contribution >= 0.6 is 0 Å². The minimum absolute atomic E-state index is 0.0689. The minimum Gasteiger partial charge on any atom is -0.327 e. The van der Waals surface area contributed by atoms with Crippen molar-refractivity contribution < 1.29 is 9.18 Å². The number of aromatic nitrogens is 2. The summed E-state index contributed by atoms with van der Waals surface area (Å²) in [5, 5.41) is 14.6. The molecular formula is C19H20FN5O. The zero-order chi connectivity index (χ0) is 18.6. The topological polar surface area (TPSA) is 90.7 Å². The molecule has 0 saturated heterocycles. The number of urea groups is 1. The lowest BCUT2D eigenvalue weighted by molar-refractivity contribution is 0.209. The monoisotopic (exact) mass is 353 g/mol. The summed E-state index contributed by atoms with van der Waals surface area (Å²) >= 11 is 0. The first kappa shape index (κ1) is 17.8. The van der Waals surface area contributed by atoms with Crippen molar-refractivity contribution in [2.24, 2.45) is 0 Å². The maximum atomic E-state index is 13.9. The summed E-state index contributed by atoms with van der Waals surface area (Å²) in [6.45, 7) is 1.83. The van der Waals surface area contributed by atoms with Gasteiger partial charge in [0, 0.05) is 6.20 Å². The van der Waals surface area contributed by atoms with Gasteiger partial charge in [-0.3, -0.25) is 0 Å². The van der Waals surface area contributed by atoms with Crippen LogP contribution in [0.25, 0.3) is 0 Å². The Balaban J connectivity index is 1.85. The minimum atomic E-state index is -0.683. The predicted octanol–water partition coefficient (Wildman–Crippen LogP) is 3.78. The fourth-order valence-corrected chi connectivity index (χ4v) is 3.39. The Labute approximate surface area is 151 Å². The molecule has 0 unspecified atom stereocenters. The van der Waals surface area contributed by atoms with E-state index in [4.69, 9.17) is 5.26 Å². The van der Waals surface area contributed by atoms with Crippen molar-refractivity contribution in [1.82, 2.24) is 15.3 Å². The quantitative estimate of drug-likeness (QED) is 0.878. The van der Waals surface area contributed by atoms with Gasteiger partial charge < -0.3 is 10.6 Å². The third-order valence-electron chi connectivity index (χ3n) is 4.68. The molecule has 0 radical (unpaired) electrons. The first-order chi connectivity index (χ1) is 12.5. The van der Waals surface area contributed by atoms with Gasteiger partial charge in [0.15, 0.2) is 0 Å². The lowest BCUT2D eigenvalue weighted by Gasteiger charge is -2.37. The van der Waals surface area contributed by atoms with Crippen molar-refractivity contribution in [2.45, 2.75) is 44.6 Å². The average molecular weight is 353 g/mol. The third kappa shape index (κ3) is 3.80. The number of hydrogen-bond donors (Lipinski definition) is 2. The first-order valence-electron chi connectivity index (χ1n) is 8.61. The molecule has 6 nitrogen and oxygen atoms in total. The van der Waals surface area contributed by atoms with Crippen LogP contribution in [0.2, 0.25) is 0 Å². The number of hydrogen-bond acceptors (Lipinski definition) is 4. The van der Waals surface area contributed by atoms with Gasteiger partial charge in [0.05, 0.1) is 16.9 Å². The number of aryl methyl sites for hydroxylation is 1. The summed E-state index contributed by atoms with van der Waals surface area (Å²) in [6, 6.07) is 7.71. The Morgan fingerprint density at radius 2 is 2.04 bits per heavy atom. The van der Waals surface area contributed by atoms with E-state index in [1.807, 2.05) is 13.0 Å². The number of halogens is 1. The maximum Gasteiger partial charge on any atom is 0.320 e. The van der Waals surface area contributed by atoms with E-state index >= 15 is 0 Å². The second kappa shape index (κ2) is 7.48. The van der Waals surface area contributed by atoms with Gasteiger partial charge >= 0.3 is 6.03 Å². The van der Waals surface area contributed by atoms with Crippen LogP contribution in [0.3, 0.4) is 0 Å². The average Bonchev–Trinajstić information content (AvgIpc) is 2.65. The van der Waals surface area contributed by atoms with Gasteiger partial charge in [-0.05, 0) is 43.5 Å². The van der Waals surface area contributed by atoms with E-state index in [1.165, 1.54) is 12.3 Å². The Hall–Kier alpha value is -3.01. The molecule has 2 amide bonds. The van der Waals surface area contributed by atoms with Crippen molar-refractivity contribution >= 4 is 11.7 Å². The number of rotatable bonds is 3. The van der Waals surface area contributed by atoms with E-state index < -0.39 is 17.4 Å². The molecule has 7 heteroatoms. The van der Waals surface area contributed by atoms with Crippen molar-refractivity contribution in [2.75, 3.05) is 5.32 Å². The van der Waals surface area contributed by atoms with E-state index in [0.29, 0.717) is 18.5 Å². The molecule has 0 aliphatic heterocycles. The molecule has 1 fully saturated rings. The van der Waals surface area contributed by atoms with Crippen molar-refractivity contribution in [3.63, 3.8) is 0 Å². The van der Waals surface area contributed by atoms with E-state index in [0.717, 1.165) is 24.8 Å². The zero-order valence-corrected chi connectivity index (χ0v) is 14.6. The summed E-state index contributed by atoms with van der Waals surface area (Å²) in [5.74, 6) is -0.420. The summed E-state index contributed by atoms with van der Waals surface area (Å²) < 4.78 is 13.9. The maximum absolute atomic E-state index is 13.9. The van der Waals surface area contributed by atoms with E-state index in [-0.39, 0.29) is 11.5 Å². The molecule has 26 heavy (non-hydrogen) atoms. The van der Waals surface area contributed by atoms with Gasteiger partial charge in [0.1, 0.15) is 11.9 Å². The molecule has 1 aromatic carbocycles. The van der Waals surface area contributed by atoms with E-state index in [2.05, 4.69) is 20.6 Å². The van der Waals surface area contributed by atoms with Gasteiger partial charge in [-0.15, -0.1) is 0 Å². The van der Waals surface area contributed by atoms with Gasteiger partial charge in [-0.1, -0.05) is 25.3 Å². The number of anilines is 1. The molecule has 0 atom stereocenters. The normalized spacial score (nSPS) is 15.7. The summed E-state index contributed by atoms with van der Waals surface area (Å²) in [4.78, 5) is 20.8. The Morgan fingerprint density at radius 1 is 1.27 bits per heavy atom. The van der Waals surface area contributed by atoms with Gasteiger partial charge in [0.25, 0.3) is 0 Å². The highest BCUT2D eigenvalue weighted by molar-refractivity contribution is 5.90. The molecular weight excluding hydrogens is 333 g/mol. The highest BCUT2D eigenvalue weighted by atomic mass is 19.1. The summed E-state index contributed by atoms with van der Waals surface area (Å²) in [5.41, 5.74) is 0.915. The number of nitrogens with zero attached hydrogens (tertiary/aromatic N) is 3. The first-order valence-corrected chi connectivity index (χ1v) is 8.61. The molecule has 134 valence electrons. The molecule has 1 aliphatic carbocycles. The Bertz CT molecular complexity index is 855. The zero-order valence-electron chi connectivity index (χ0n) is 14.6. The molecule has 1 aliphatic rings. The van der Waals surface area contributed by atoms with Crippen LogP contribution in [0.5, 0.6) is 0 Å².